The van der Waals surface area contributed by atoms with E-state index in [1.54, 1.807) is 31.3 Å². The molecule has 3 rings (SSSR count). The lowest BCUT2D eigenvalue weighted by Crippen LogP contribution is -2.37. The van der Waals surface area contributed by atoms with Crippen LogP contribution in [-0.4, -0.2) is 74.1 Å². The maximum atomic E-state index is 14.8. The van der Waals surface area contributed by atoms with Crippen molar-refractivity contribution in [3.05, 3.63) is 42.3 Å². The number of cyclic esters (lactones) is 1. The van der Waals surface area contributed by atoms with Crippen LogP contribution in [0.3, 0.4) is 0 Å². The van der Waals surface area contributed by atoms with E-state index in [2.05, 4.69) is 15.6 Å². The van der Waals surface area contributed by atoms with Crippen LogP contribution in [0.2, 0.25) is 0 Å². The van der Waals surface area contributed by atoms with Crippen molar-refractivity contribution in [1.82, 2.24) is 15.2 Å². The highest BCUT2D eigenvalue weighted by Gasteiger charge is 2.32. The molecule has 1 atom stereocenters. The van der Waals surface area contributed by atoms with Crippen molar-refractivity contribution >= 4 is 29.8 Å². The van der Waals surface area contributed by atoms with Gasteiger partial charge in [-0.25, -0.2) is 14.2 Å². The van der Waals surface area contributed by atoms with E-state index in [4.69, 9.17) is 15.9 Å². The number of pyridine rings is 1. The van der Waals surface area contributed by atoms with Gasteiger partial charge in [-0.2, -0.15) is 0 Å². The molecule has 0 radical (unpaired) electrons. The molecule has 1 saturated heterocycles. The number of halogens is 1. The van der Waals surface area contributed by atoms with Gasteiger partial charge >= 0.3 is 6.09 Å². The quantitative estimate of drug-likeness (QED) is 0.320. The number of hydrogen-bond acceptors (Lipinski definition) is 8. The summed E-state index contributed by atoms with van der Waals surface area (Å²) < 4.78 is 20.1. The third-order valence-electron chi connectivity index (χ3n) is 4.95. The highest BCUT2D eigenvalue weighted by atomic mass is 19.1. The Morgan fingerprint density at radius 3 is 2.88 bits per heavy atom. The Kier molecular flexibility index (Phi) is 7.68. The van der Waals surface area contributed by atoms with E-state index < -0.39 is 11.9 Å². The number of amides is 2. The van der Waals surface area contributed by atoms with Crippen molar-refractivity contribution < 1.29 is 18.7 Å². The third-order valence-corrected chi connectivity index (χ3v) is 4.95. The number of anilines is 2. The second-order valence-electron chi connectivity index (χ2n) is 7.12. The van der Waals surface area contributed by atoms with E-state index in [-0.39, 0.29) is 25.1 Å². The van der Waals surface area contributed by atoms with Crippen LogP contribution in [0.1, 0.15) is 0 Å². The first kappa shape index (κ1) is 23.1. The van der Waals surface area contributed by atoms with Crippen molar-refractivity contribution in [2.75, 3.05) is 50.0 Å². The summed E-state index contributed by atoms with van der Waals surface area (Å²) in [6.07, 6.45) is 1.69. The lowest BCUT2D eigenvalue weighted by Gasteiger charge is -2.16. The molecule has 1 aliphatic rings. The van der Waals surface area contributed by atoms with Gasteiger partial charge in [0.15, 0.2) is 0 Å². The molecule has 0 saturated carbocycles. The lowest BCUT2D eigenvalue weighted by atomic mass is 10.1. The topological polar surface area (TPSA) is 137 Å². The molecule has 1 aromatic carbocycles. The number of carbonyl (C=O) groups excluding carboxylic acids is 2. The molecule has 0 bridgehead atoms. The van der Waals surface area contributed by atoms with Crippen molar-refractivity contribution in [3.8, 4) is 11.1 Å². The fourth-order valence-electron chi connectivity index (χ4n) is 3.31. The van der Waals surface area contributed by atoms with Crippen LogP contribution < -0.4 is 21.3 Å². The third kappa shape index (κ3) is 5.37. The second-order valence-corrected chi connectivity index (χ2v) is 7.12. The first-order chi connectivity index (χ1) is 15.5. The summed E-state index contributed by atoms with van der Waals surface area (Å²) >= 11 is 0. The molecule has 0 spiro atoms. The van der Waals surface area contributed by atoms with Gasteiger partial charge in [-0.15, -0.1) is 0 Å². The van der Waals surface area contributed by atoms with E-state index >= 15 is 0 Å². The molecule has 2 heterocycles. The molecule has 1 fully saturated rings. The zero-order valence-corrected chi connectivity index (χ0v) is 17.7. The van der Waals surface area contributed by atoms with Gasteiger partial charge in [0.25, 0.3) is 0 Å². The molecule has 2 amide bonds. The monoisotopic (exact) mass is 443 g/mol. The summed E-state index contributed by atoms with van der Waals surface area (Å²) in [7, 11) is 1.77. The second kappa shape index (κ2) is 10.6. The van der Waals surface area contributed by atoms with Crippen LogP contribution in [0.25, 0.3) is 11.1 Å². The van der Waals surface area contributed by atoms with E-state index in [0.29, 0.717) is 42.3 Å². The average molecular weight is 443 g/mol. The largest absolute Gasteiger partial charge is 0.443 e. The molecule has 170 valence electrons. The van der Waals surface area contributed by atoms with Crippen LogP contribution in [0.5, 0.6) is 0 Å². The van der Waals surface area contributed by atoms with Crippen LogP contribution >= 0.6 is 0 Å². The minimum Gasteiger partial charge on any atom is -0.443 e. The predicted molar refractivity (Wildman–Crippen MR) is 119 cm³/mol. The zero-order chi connectivity index (χ0) is 23.1. The maximum absolute atomic E-state index is 14.8. The van der Waals surface area contributed by atoms with E-state index in [0.717, 1.165) is 6.34 Å². The van der Waals surface area contributed by atoms with Crippen molar-refractivity contribution in [1.29, 1.82) is 5.41 Å². The number of nitrogens with one attached hydrogen (secondary N) is 3. The minimum atomic E-state index is -0.496. The number of rotatable bonds is 10. The average Bonchev–Trinajstić information content (AvgIpc) is 3.17. The summed E-state index contributed by atoms with van der Waals surface area (Å²) in [5.74, 6) is -0.271. The molecule has 1 unspecified atom stereocenters. The van der Waals surface area contributed by atoms with Crippen molar-refractivity contribution in [3.63, 3.8) is 0 Å². The van der Waals surface area contributed by atoms with Crippen LogP contribution in [0.15, 0.2) is 36.5 Å². The van der Waals surface area contributed by atoms with Gasteiger partial charge in [-0.05, 0) is 37.4 Å². The summed E-state index contributed by atoms with van der Waals surface area (Å²) in [6.45, 7) is 1.36. The number of ether oxygens (including phenoxy) is 1. The Morgan fingerprint density at radius 1 is 1.44 bits per heavy atom. The first-order valence-electron chi connectivity index (χ1n) is 10.1. The molecule has 32 heavy (non-hydrogen) atoms. The van der Waals surface area contributed by atoms with Gasteiger partial charge < -0.3 is 26.0 Å². The van der Waals surface area contributed by atoms with E-state index in [1.807, 2.05) is 0 Å². The van der Waals surface area contributed by atoms with E-state index in [9.17, 15) is 14.0 Å². The molecule has 1 aromatic heterocycles. The molecular formula is C21H26FN7O3. The van der Waals surface area contributed by atoms with Crippen LogP contribution in [0.4, 0.5) is 20.7 Å². The number of likely N-dealkylation sites (N-methyl/N-ethyl adjacent to an activating group) is 1. The van der Waals surface area contributed by atoms with Crippen molar-refractivity contribution in [2.45, 2.75) is 6.10 Å². The van der Waals surface area contributed by atoms with E-state index in [1.165, 1.54) is 22.1 Å². The Balaban J connectivity index is 1.63. The summed E-state index contributed by atoms with van der Waals surface area (Å²) in [5.41, 5.74) is 6.67. The number of aromatic nitrogens is 1. The summed E-state index contributed by atoms with van der Waals surface area (Å²) in [4.78, 5) is 30.5. The van der Waals surface area contributed by atoms with Crippen LogP contribution in [-0.2, 0) is 9.53 Å². The lowest BCUT2D eigenvalue weighted by molar-refractivity contribution is -0.125. The van der Waals surface area contributed by atoms with Gasteiger partial charge in [-0.3, -0.25) is 15.1 Å². The Bertz CT molecular complexity index is 970. The number of benzene rings is 1. The van der Waals surface area contributed by atoms with Crippen molar-refractivity contribution in [2.24, 2.45) is 5.73 Å². The van der Waals surface area contributed by atoms with Gasteiger partial charge in [0.2, 0.25) is 5.91 Å². The SMILES string of the molecule is CNCC1CN(c2ccc(-c3ccc(NCCN(C=N)C(=O)CN)nc3)c(F)c2)C(=O)O1. The molecule has 1 aliphatic heterocycles. The normalized spacial score (nSPS) is 15.4. The summed E-state index contributed by atoms with van der Waals surface area (Å²) in [6, 6.07) is 8.01. The van der Waals surface area contributed by atoms with Gasteiger partial charge in [0.05, 0.1) is 25.1 Å². The molecule has 5 N–H and O–H groups in total. The molecule has 2 aromatic rings. The molecule has 11 heteroatoms. The predicted octanol–water partition coefficient (Wildman–Crippen LogP) is 1.24. The van der Waals surface area contributed by atoms with Crippen LogP contribution in [0, 0.1) is 11.2 Å². The maximum Gasteiger partial charge on any atom is 0.414 e. The number of carbonyl (C=O) groups is 2. The minimum absolute atomic E-state index is 0.165. The van der Waals surface area contributed by atoms with Gasteiger partial charge in [0, 0.05) is 37.0 Å². The number of nitrogens with zero attached hydrogens (tertiary/aromatic N) is 3. The fraction of sp³-hybridized carbons (Fsp3) is 0.333. The Morgan fingerprint density at radius 2 is 2.25 bits per heavy atom. The van der Waals surface area contributed by atoms with Gasteiger partial charge in [0.1, 0.15) is 17.7 Å². The highest BCUT2D eigenvalue weighted by Crippen LogP contribution is 2.29. The van der Waals surface area contributed by atoms with Gasteiger partial charge in [-0.1, -0.05) is 0 Å². The Labute approximate surface area is 185 Å². The molecule has 10 nitrogen and oxygen atoms in total. The fourth-order valence-corrected chi connectivity index (χ4v) is 3.31. The number of nitrogens with two attached hydrogens (primary N) is 1. The Hall–Kier alpha value is -3.57. The number of hydrogen-bond donors (Lipinski definition) is 4. The summed E-state index contributed by atoms with van der Waals surface area (Å²) in [5, 5.41) is 13.2. The highest BCUT2D eigenvalue weighted by molar-refractivity contribution is 5.90. The standard InChI is InChI=1S/C21H26FN7O3/c1-25-11-16-12-29(21(31)32-16)15-3-4-17(18(22)8-15)14-2-5-19(27-10-14)26-6-7-28(13-24)20(30)9-23/h2-5,8,10,13,16,24-25H,6-7,9,11-12,23H2,1H3,(H,26,27). The zero-order valence-electron chi connectivity index (χ0n) is 17.7. The smallest absolute Gasteiger partial charge is 0.414 e. The molecular weight excluding hydrogens is 417 g/mol. The molecule has 0 aliphatic carbocycles. The first-order valence-corrected chi connectivity index (χ1v) is 10.1.